The van der Waals surface area contributed by atoms with Crippen molar-refractivity contribution in [3.05, 3.63) is 94.0 Å². The number of esters is 1. The van der Waals surface area contributed by atoms with Gasteiger partial charge in [0.2, 0.25) is 0 Å². The summed E-state index contributed by atoms with van der Waals surface area (Å²) in [6.45, 7) is 4.51. The molecule has 6 rings (SSSR count). The Morgan fingerprint density at radius 3 is 2.63 bits per heavy atom. The van der Waals surface area contributed by atoms with Gasteiger partial charge in [-0.3, -0.25) is 9.36 Å². The number of carbonyl (C=O) groups is 1. The molecular weight excluding hydrogens is 546 g/mol. The third kappa shape index (κ3) is 5.78. The van der Waals surface area contributed by atoms with Crippen molar-refractivity contribution in [2.75, 3.05) is 6.61 Å². The maximum atomic E-state index is 14.0. The molecule has 0 bridgehead atoms. The minimum atomic E-state index is -0.486. The number of carbonyl (C=O) groups excluding carboxylic acids is 1. The molecule has 43 heavy (non-hydrogen) atoms. The normalized spacial score (nSPS) is 14.5. The largest absolute Gasteiger partial charge is 0.461 e. The molecule has 0 radical (unpaired) electrons. The molecule has 3 aromatic carbocycles. The van der Waals surface area contributed by atoms with Crippen molar-refractivity contribution in [3.8, 4) is 22.5 Å². The molecule has 11 heteroatoms. The van der Waals surface area contributed by atoms with Gasteiger partial charge in [-0.25, -0.2) is 14.9 Å². The molecule has 0 aliphatic carbocycles. The molecule has 11 nitrogen and oxygen atoms in total. The number of aromatic nitrogens is 6. The fourth-order valence-electron chi connectivity index (χ4n) is 5.25. The Morgan fingerprint density at radius 2 is 1.88 bits per heavy atom. The number of ether oxygens (including phenoxy) is 1. The van der Waals surface area contributed by atoms with Gasteiger partial charge in [0.15, 0.2) is 17.6 Å². The molecule has 1 atom stereocenters. The molecule has 3 heterocycles. The fraction of sp³-hybridized carbons (Fsp3) is 0.281. The third-order valence-corrected chi connectivity index (χ3v) is 7.50. The first kappa shape index (κ1) is 28.0. The molecule has 0 amide bonds. The average Bonchev–Trinajstić information content (AvgIpc) is 3.76. The number of H-pyrrole nitrogens is 1. The van der Waals surface area contributed by atoms with E-state index < -0.39 is 12.1 Å². The van der Waals surface area contributed by atoms with Crippen LogP contribution in [0.25, 0.3) is 33.4 Å². The van der Waals surface area contributed by atoms with Crippen LogP contribution < -0.4 is 5.56 Å². The monoisotopic (exact) mass is 577 g/mol. The lowest BCUT2D eigenvalue weighted by molar-refractivity contribution is -0.135. The maximum Gasteiger partial charge on any atom is 0.356 e. The fourth-order valence-corrected chi connectivity index (χ4v) is 5.25. The third-order valence-electron chi connectivity index (χ3n) is 7.50. The van der Waals surface area contributed by atoms with Crippen LogP contribution in [0, 0.1) is 0 Å². The number of aromatic amines is 1. The van der Waals surface area contributed by atoms with E-state index in [4.69, 9.17) is 14.6 Å². The van der Waals surface area contributed by atoms with Crippen molar-refractivity contribution in [2.24, 2.45) is 5.16 Å². The Hall–Kier alpha value is -5.19. The lowest BCUT2D eigenvalue weighted by Gasteiger charge is -2.15. The summed E-state index contributed by atoms with van der Waals surface area (Å²) >= 11 is 0. The summed E-state index contributed by atoms with van der Waals surface area (Å²) in [6.07, 6.45) is 2.42. The van der Waals surface area contributed by atoms with Crippen LogP contribution in [-0.4, -0.2) is 48.5 Å². The molecule has 0 saturated heterocycles. The van der Waals surface area contributed by atoms with Crippen LogP contribution in [-0.2, 0) is 27.3 Å². The van der Waals surface area contributed by atoms with E-state index in [-0.39, 0.29) is 24.3 Å². The summed E-state index contributed by atoms with van der Waals surface area (Å²) in [4.78, 5) is 36.5. The van der Waals surface area contributed by atoms with Gasteiger partial charge in [-0.2, -0.15) is 0 Å². The molecule has 1 aliphatic rings. The van der Waals surface area contributed by atoms with Crippen LogP contribution >= 0.6 is 0 Å². The van der Waals surface area contributed by atoms with Gasteiger partial charge in [0.25, 0.3) is 5.56 Å². The number of aryl methyl sites for hydroxylation is 1. The van der Waals surface area contributed by atoms with Crippen molar-refractivity contribution in [2.45, 2.75) is 52.2 Å². The highest BCUT2D eigenvalue weighted by atomic mass is 16.6. The number of oxime groups is 1. The summed E-state index contributed by atoms with van der Waals surface area (Å²) in [5.74, 6) is 0.865. The summed E-state index contributed by atoms with van der Waals surface area (Å²) in [6, 6.07) is 21.6. The molecule has 5 aromatic rings. The Morgan fingerprint density at radius 1 is 1.07 bits per heavy atom. The van der Waals surface area contributed by atoms with Crippen molar-refractivity contribution in [1.82, 2.24) is 30.2 Å². The lowest BCUT2D eigenvalue weighted by atomic mass is 9.98. The van der Waals surface area contributed by atoms with Crippen LogP contribution in [0.5, 0.6) is 0 Å². The Labute approximate surface area is 247 Å². The van der Waals surface area contributed by atoms with Gasteiger partial charge in [-0.1, -0.05) is 73.1 Å². The van der Waals surface area contributed by atoms with Gasteiger partial charge in [0, 0.05) is 18.4 Å². The minimum absolute atomic E-state index is 0.116. The predicted molar refractivity (Wildman–Crippen MR) is 161 cm³/mol. The van der Waals surface area contributed by atoms with Crippen LogP contribution in [0.3, 0.4) is 0 Å². The van der Waals surface area contributed by atoms with E-state index in [9.17, 15) is 9.59 Å². The maximum absolute atomic E-state index is 14.0. The van der Waals surface area contributed by atoms with Crippen molar-refractivity contribution >= 4 is 22.6 Å². The number of hydrogen-bond donors (Lipinski definition) is 1. The molecule has 0 fully saturated rings. The second-order valence-corrected chi connectivity index (χ2v) is 10.3. The van der Waals surface area contributed by atoms with Crippen molar-refractivity contribution in [1.29, 1.82) is 0 Å². The van der Waals surface area contributed by atoms with E-state index in [0.29, 0.717) is 29.7 Å². The van der Waals surface area contributed by atoms with E-state index in [1.54, 1.807) is 17.6 Å². The second-order valence-electron chi connectivity index (χ2n) is 10.3. The second kappa shape index (κ2) is 12.4. The highest BCUT2D eigenvalue weighted by Gasteiger charge is 2.29. The number of rotatable bonds is 10. The summed E-state index contributed by atoms with van der Waals surface area (Å²) in [5, 5.41) is 18.7. The smallest absolute Gasteiger partial charge is 0.356 e. The van der Waals surface area contributed by atoms with Crippen molar-refractivity contribution in [3.63, 3.8) is 0 Å². The van der Waals surface area contributed by atoms with Crippen LogP contribution in [0.2, 0.25) is 0 Å². The SMILES string of the molecule is CCCCc1nc2ccc(C3CC(C(=O)OCC)=NO3)cc2c(=O)n1Cc1ccc(-c2ccccc2-c2nnn[nH]2)cc1. The van der Waals surface area contributed by atoms with E-state index in [1.165, 1.54) is 0 Å². The first-order chi connectivity index (χ1) is 21.1. The topological polar surface area (TPSA) is 137 Å². The zero-order chi connectivity index (χ0) is 29.8. The molecule has 0 spiro atoms. The number of fused-ring (bicyclic) bond motifs is 1. The lowest BCUT2D eigenvalue weighted by Crippen LogP contribution is -2.26. The van der Waals surface area contributed by atoms with E-state index in [0.717, 1.165) is 46.5 Å². The Balaban J connectivity index is 1.30. The zero-order valence-corrected chi connectivity index (χ0v) is 24.0. The summed E-state index contributed by atoms with van der Waals surface area (Å²) in [5.41, 5.74) is 5.40. The first-order valence-corrected chi connectivity index (χ1v) is 14.4. The molecule has 1 N–H and O–H groups in total. The number of nitrogens with zero attached hydrogens (tertiary/aromatic N) is 6. The van der Waals surface area contributed by atoms with E-state index in [1.807, 2.05) is 60.7 Å². The standard InChI is InChI=1S/C32H31N7O4/c1-3-5-10-29-33-26-16-15-22(28-18-27(36-43-28)32(41)42-4-2)17-25(26)31(40)39(29)19-20-11-13-21(14-12-20)23-8-6-7-9-24(23)30-34-37-38-35-30/h6-9,11-17,28H,3-5,10,18-19H2,1-2H3,(H,34,35,37,38). The van der Waals surface area contributed by atoms with Gasteiger partial charge in [0.05, 0.1) is 24.1 Å². The molecule has 218 valence electrons. The first-order valence-electron chi connectivity index (χ1n) is 14.4. The number of tetrazole rings is 1. The number of hydrogen-bond acceptors (Lipinski definition) is 9. The Bertz CT molecular complexity index is 1850. The van der Waals surface area contributed by atoms with Gasteiger partial charge in [0.1, 0.15) is 5.82 Å². The van der Waals surface area contributed by atoms with Gasteiger partial charge >= 0.3 is 5.97 Å². The quantitative estimate of drug-likeness (QED) is 0.229. The molecule has 1 unspecified atom stereocenters. The number of unbranched alkanes of at least 4 members (excludes halogenated alkanes) is 1. The summed E-state index contributed by atoms with van der Waals surface area (Å²) < 4.78 is 6.81. The van der Waals surface area contributed by atoms with Gasteiger partial charge in [-0.05, 0) is 58.2 Å². The Kier molecular flexibility index (Phi) is 8.03. The van der Waals surface area contributed by atoms with Crippen LogP contribution in [0.15, 0.2) is 76.7 Å². The molecule has 2 aromatic heterocycles. The van der Waals surface area contributed by atoms with Gasteiger partial charge < -0.3 is 9.57 Å². The predicted octanol–water partition coefficient (Wildman–Crippen LogP) is 5.02. The van der Waals surface area contributed by atoms with Crippen LogP contribution in [0.4, 0.5) is 0 Å². The number of nitrogens with one attached hydrogen (secondary N) is 1. The molecule has 1 aliphatic heterocycles. The molecular formula is C32H31N7O4. The van der Waals surface area contributed by atoms with Crippen LogP contribution in [0.1, 0.15) is 56.2 Å². The zero-order valence-electron chi connectivity index (χ0n) is 24.0. The average molecular weight is 578 g/mol. The number of benzene rings is 3. The van der Waals surface area contributed by atoms with Gasteiger partial charge in [-0.15, -0.1) is 5.10 Å². The summed E-state index contributed by atoms with van der Waals surface area (Å²) in [7, 11) is 0. The molecule has 0 saturated carbocycles. The minimum Gasteiger partial charge on any atom is -0.461 e. The highest BCUT2D eigenvalue weighted by molar-refractivity contribution is 6.36. The van der Waals surface area contributed by atoms with E-state index in [2.05, 4.69) is 32.7 Å². The van der Waals surface area contributed by atoms with Crippen molar-refractivity contribution < 1.29 is 14.4 Å². The highest BCUT2D eigenvalue weighted by Crippen LogP contribution is 2.31. The van der Waals surface area contributed by atoms with E-state index >= 15 is 0 Å².